The maximum absolute atomic E-state index is 12.0. The third kappa shape index (κ3) is 2.13. The second-order valence-electron chi connectivity index (χ2n) is 5.16. The lowest BCUT2D eigenvalue weighted by Gasteiger charge is -2.42. The van der Waals surface area contributed by atoms with Crippen molar-refractivity contribution >= 4 is 11.9 Å². The highest BCUT2D eigenvalue weighted by atomic mass is 16.2. The minimum atomic E-state index is -0.425. The van der Waals surface area contributed by atoms with Gasteiger partial charge in [-0.05, 0) is 19.3 Å². The molecule has 4 heteroatoms. The van der Waals surface area contributed by atoms with Crippen molar-refractivity contribution in [1.29, 1.82) is 0 Å². The van der Waals surface area contributed by atoms with Crippen LogP contribution in [-0.4, -0.2) is 42.4 Å². The monoisotopic (exact) mass is 212 g/mol. The van der Waals surface area contributed by atoms with Gasteiger partial charge in [-0.1, -0.05) is 13.8 Å². The summed E-state index contributed by atoms with van der Waals surface area (Å²) in [5, 5.41) is 0. The van der Waals surface area contributed by atoms with Crippen LogP contribution in [0.2, 0.25) is 0 Å². The second kappa shape index (κ2) is 3.83. The average Bonchev–Trinajstić information content (AvgIpc) is 2.10. The summed E-state index contributed by atoms with van der Waals surface area (Å²) in [6, 6.07) is -0.207. The van der Waals surface area contributed by atoms with E-state index in [1.165, 1.54) is 4.90 Å². The molecular weight excluding hydrogens is 192 g/mol. The van der Waals surface area contributed by atoms with E-state index in [-0.39, 0.29) is 11.9 Å². The van der Waals surface area contributed by atoms with Gasteiger partial charge in [-0.3, -0.25) is 9.69 Å². The van der Waals surface area contributed by atoms with Crippen molar-refractivity contribution < 1.29 is 9.59 Å². The van der Waals surface area contributed by atoms with Crippen LogP contribution in [0.4, 0.5) is 4.79 Å². The molecule has 1 heterocycles. The summed E-state index contributed by atoms with van der Waals surface area (Å²) in [7, 11) is 3.29. The molecule has 0 unspecified atom stereocenters. The van der Waals surface area contributed by atoms with Crippen LogP contribution < -0.4 is 0 Å². The number of hydrogen-bond donors (Lipinski definition) is 0. The van der Waals surface area contributed by atoms with Gasteiger partial charge in [-0.2, -0.15) is 0 Å². The molecule has 4 nitrogen and oxygen atoms in total. The summed E-state index contributed by atoms with van der Waals surface area (Å²) in [6.45, 7) is 6.64. The molecule has 0 aromatic heterocycles. The van der Waals surface area contributed by atoms with Crippen molar-refractivity contribution in [2.45, 2.75) is 27.2 Å². The van der Waals surface area contributed by atoms with Crippen molar-refractivity contribution in [3.05, 3.63) is 0 Å². The van der Waals surface area contributed by atoms with Crippen LogP contribution in [-0.2, 0) is 4.79 Å². The first-order chi connectivity index (χ1) is 6.78. The maximum Gasteiger partial charge on any atom is 0.326 e. The minimum Gasteiger partial charge on any atom is -0.326 e. The van der Waals surface area contributed by atoms with E-state index in [2.05, 4.69) is 13.8 Å². The van der Waals surface area contributed by atoms with Crippen LogP contribution in [0.5, 0.6) is 0 Å². The van der Waals surface area contributed by atoms with Crippen molar-refractivity contribution in [2.75, 3.05) is 20.6 Å². The summed E-state index contributed by atoms with van der Waals surface area (Å²) in [5.41, 5.74) is -0.425. The Kier molecular flexibility index (Phi) is 3.07. The number of imide groups is 1. The van der Waals surface area contributed by atoms with Crippen molar-refractivity contribution in [3.8, 4) is 0 Å². The molecule has 0 radical (unpaired) electrons. The molecule has 0 N–H and O–H groups in total. The average molecular weight is 212 g/mol. The van der Waals surface area contributed by atoms with Gasteiger partial charge in [-0.25, -0.2) is 4.79 Å². The standard InChI is InChI=1S/C11H20N2O2/c1-8(2)6-11(3)7-12(4)10(15)13(5)9(11)14/h8H,6-7H2,1-5H3/t11-/m0/s1. The van der Waals surface area contributed by atoms with Crippen LogP contribution in [0.3, 0.4) is 0 Å². The van der Waals surface area contributed by atoms with Crippen molar-refractivity contribution in [3.63, 3.8) is 0 Å². The fraction of sp³-hybridized carbons (Fsp3) is 0.818. The number of rotatable bonds is 2. The van der Waals surface area contributed by atoms with Gasteiger partial charge in [0.1, 0.15) is 0 Å². The third-order valence-electron chi connectivity index (χ3n) is 2.88. The molecule has 1 saturated heterocycles. The molecule has 0 spiro atoms. The molecule has 0 aromatic rings. The highest BCUT2D eigenvalue weighted by molar-refractivity contribution is 5.99. The minimum absolute atomic E-state index is 0.0562. The Morgan fingerprint density at radius 1 is 1.33 bits per heavy atom. The zero-order valence-corrected chi connectivity index (χ0v) is 10.2. The normalized spacial score (nSPS) is 27.9. The summed E-state index contributed by atoms with van der Waals surface area (Å²) in [6.07, 6.45) is 0.813. The first-order valence-corrected chi connectivity index (χ1v) is 5.31. The Labute approximate surface area is 91.2 Å². The highest BCUT2D eigenvalue weighted by Crippen LogP contribution is 2.32. The van der Waals surface area contributed by atoms with Crippen LogP contribution in [0, 0.1) is 11.3 Å². The fourth-order valence-corrected chi connectivity index (χ4v) is 2.46. The Bertz CT molecular complexity index is 288. The number of urea groups is 1. The predicted octanol–water partition coefficient (Wildman–Crippen LogP) is 1.56. The van der Waals surface area contributed by atoms with Crippen LogP contribution in [0.1, 0.15) is 27.2 Å². The number of hydrogen-bond acceptors (Lipinski definition) is 2. The number of amides is 3. The molecule has 15 heavy (non-hydrogen) atoms. The zero-order valence-electron chi connectivity index (χ0n) is 10.2. The molecule has 1 atom stereocenters. The van der Waals surface area contributed by atoms with E-state index < -0.39 is 5.41 Å². The molecule has 1 aliphatic heterocycles. The highest BCUT2D eigenvalue weighted by Gasteiger charge is 2.44. The van der Waals surface area contributed by atoms with Gasteiger partial charge in [0, 0.05) is 20.6 Å². The van der Waals surface area contributed by atoms with Crippen molar-refractivity contribution in [1.82, 2.24) is 9.80 Å². The van der Waals surface area contributed by atoms with Gasteiger partial charge >= 0.3 is 6.03 Å². The van der Waals surface area contributed by atoms with Gasteiger partial charge < -0.3 is 4.90 Å². The topological polar surface area (TPSA) is 40.6 Å². The number of nitrogens with zero attached hydrogens (tertiary/aromatic N) is 2. The maximum atomic E-state index is 12.0. The zero-order chi connectivity index (χ0) is 11.8. The Balaban J connectivity index is 2.91. The summed E-state index contributed by atoms with van der Waals surface area (Å²) >= 11 is 0. The largest absolute Gasteiger partial charge is 0.326 e. The predicted molar refractivity (Wildman–Crippen MR) is 58.4 cm³/mol. The van der Waals surface area contributed by atoms with Crippen LogP contribution in [0.15, 0.2) is 0 Å². The van der Waals surface area contributed by atoms with Gasteiger partial charge in [0.05, 0.1) is 5.41 Å². The smallest absolute Gasteiger partial charge is 0.326 e. The Morgan fingerprint density at radius 3 is 2.33 bits per heavy atom. The quantitative estimate of drug-likeness (QED) is 0.697. The first-order valence-electron chi connectivity index (χ1n) is 5.31. The SMILES string of the molecule is CC(C)C[C@@]1(C)CN(C)C(=O)N(C)C1=O. The Morgan fingerprint density at radius 2 is 1.87 bits per heavy atom. The lowest BCUT2D eigenvalue weighted by molar-refractivity contribution is -0.142. The molecule has 0 saturated carbocycles. The summed E-state index contributed by atoms with van der Waals surface area (Å²) < 4.78 is 0. The van der Waals surface area contributed by atoms with E-state index in [4.69, 9.17) is 0 Å². The van der Waals surface area contributed by atoms with E-state index in [0.717, 1.165) is 6.42 Å². The van der Waals surface area contributed by atoms with Gasteiger partial charge in [-0.15, -0.1) is 0 Å². The molecule has 1 fully saturated rings. The summed E-state index contributed by atoms with van der Waals surface area (Å²) in [5.74, 6) is 0.397. The lowest BCUT2D eigenvalue weighted by Crippen LogP contribution is -2.58. The van der Waals surface area contributed by atoms with Gasteiger partial charge in [0.25, 0.3) is 0 Å². The van der Waals surface area contributed by atoms with Crippen LogP contribution >= 0.6 is 0 Å². The van der Waals surface area contributed by atoms with Crippen LogP contribution in [0.25, 0.3) is 0 Å². The fourth-order valence-electron chi connectivity index (χ4n) is 2.46. The molecule has 86 valence electrons. The molecule has 3 amide bonds. The third-order valence-corrected chi connectivity index (χ3v) is 2.88. The van der Waals surface area contributed by atoms with Crippen molar-refractivity contribution in [2.24, 2.45) is 11.3 Å². The second-order valence-corrected chi connectivity index (χ2v) is 5.16. The summed E-state index contributed by atoms with van der Waals surface area (Å²) in [4.78, 5) is 26.4. The molecule has 0 bridgehead atoms. The van der Waals surface area contributed by atoms with Gasteiger partial charge in [0.15, 0.2) is 0 Å². The Hall–Kier alpha value is -1.06. The molecular formula is C11H20N2O2. The van der Waals surface area contributed by atoms with Gasteiger partial charge in [0.2, 0.25) is 5.91 Å². The first kappa shape index (κ1) is 12.0. The number of carbonyl (C=O) groups excluding carboxylic acids is 2. The van der Waals surface area contributed by atoms with E-state index in [1.54, 1.807) is 19.0 Å². The molecule has 1 aliphatic rings. The van der Waals surface area contributed by atoms with E-state index >= 15 is 0 Å². The van der Waals surface area contributed by atoms with E-state index in [9.17, 15) is 9.59 Å². The molecule has 1 rings (SSSR count). The lowest BCUT2D eigenvalue weighted by atomic mass is 9.79. The molecule has 0 aliphatic carbocycles. The number of carbonyl (C=O) groups is 2. The van der Waals surface area contributed by atoms with E-state index in [0.29, 0.717) is 12.5 Å². The molecule has 0 aromatic carbocycles. The van der Waals surface area contributed by atoms with E-state index in [1.807, 2.05) is 6.92 Å².